The zero-order valence-corrected chi connectivity index (χ0v) is 18.1. The number of ether oxygens (including phenoxy) is 1. The van der Waals surface area contributed by atoms with Gasteiger partial charge in [-0.15, -0.1) is 0 Å². The molecule has 2 aliphatic rings. The third-order valence-corrected chi connectivity index (χ3v) is 7.19. The van der Waals surface area contributed by atoms with Crippen LogP contribution < -0.4 is 15.0 Å². The average Bonchev–Trinajstić information content (AvgIpc) is 3.06. The van der Waals surface area contributed by atoms with Gasteiger partial charge in [-0.05, 0) is 38.5 Å². The van der Waals surface area contributed by atoms with Crippen molar-refractivity contribution >= 4 is 32.5 Å². The van der Waals surface area contributed by atoms with E-state index in [4.69, 9.17) is 4.74 Å². The fourth-order valence-corrected chi connectivity index (χ4v) is 5.55. The number of piperazine rings is 1. The third-order valence-electron chi connectivity index (χ3n) is 5.42. The number of fused-ring (bicyclic) bond motifs is 1. The van der Waals surface area contributed by atoms with Crippen molar-refractivity contribution in [2.24, 2.45) is 0 Å². The highest BCUT2D eigenvalue weighted by atomic mass is 32.2. The number of rotatable bonds is 4. The van der Waals surface area contributed by atoms with Crippen molar-refractivity contribution in [2.75, 3.05) is 42.6 Å². The van der Waals surface area contributed by atoms with Crippen LogP contribution in [0.5, 0.6) is 5.88 Å². The summed E-state index contributed by atoms with van der Waals surface area (Å²) < 4.78 is 29.0. The van der Waals surface area contributed by atoms with Crippen molar-refractivity contribution in [3.05, 3.63) is 24.5 Å². The molecular formula is C20H27N5O4S. The summed E-state index contributed by atoms with van der Waals surface area (Å²) in [4.78, 5) is 25.1. The average molecular weight is 434 g/mol. The molecule has 1 N–H and O–H groups in total. The zero-order chi connectivity index (χ0) is 21.3. The van der Waals surface area contributed by atoms with Crippen LogP contribution in [0.3, 0.4) is 0 Å². The number of carbonyl (C=O) groups excluding carboxylic acids is 1. The van der Waals surface area contributed by atoms with Crippen LogP contribution in [0.1, 0.15) is 20.3 Å². The third kappa shape index (κ3) is 4.58. The first-order valence-corrected chi connectivity index (χ1v) is 12.0. The molecule has 2 saturated heterocycles. The van der Waals surface area contributed by atoms with Gasteiger partial charge in [0.15, 0.2) is 9.84 Å². The lowest BCUT2D eigenvalue weighted by molar-refractivity contribution is 0.191. The Hall–Kier alpha value is -2.62. The van der Waals surface area contributed by atoms with Gasteiger partial charge in [-0.3, -0.25) is 0 Å². The summed E-state index contributed by atoms with van der Waals surface area (Å²) in [5, 5.41) is 3.73. The topological polar surface area (TPSA) is 105 Å². The minimum atomic E-state index is -3.01. The van der Waals surface area contributed by atoms with Crippen molar-refractivity contribution in [2.45, 2.75) is 32.4 Å². The Morgan fingerprint density at radius 2 is 1.97 bits per heavy atom. The Bertz CT molecular complexity index is 1030. The number of hydrogen-bond acceptors (Lipinski definition) is 7. The monoisotopic (exact) mass is 433 g/mol. The first kappa shape index (κ1) is 20.6. The fraction of sp³-hybridized carbons (Fsp3) is 0.550. The van der Waals surface area contributed by atoms with E-state index in [9.17, 15) is 13.2 Å². The Morgan fingerprint density at radius 1 is 1.20 bits per heavy atom. The molecule has 0 radical (unpaired) electrons. The predicted octanol–water partition coefficient (Wildman–Crippen LogP) is 1.44. The number of aromatic nitrogens is 2. The van der Waals surface area contributed by atoms with Crippen molar-refractivity contribution < 1.29 is 17.9 Å². The van der Waals surface area contributed by atoms with Gasteiger partial charge in [0, 0.05) is 37.9 Å². The maximum absolute atomic E-state index is 12.5. The van der Waals surface area contributed by atoms with Gasteiger partial charge in [0.05, 0.1) is 28.5 Å². The molecule has 3 heterocycles. The fourth-order valence-electron chi connectivity index (χ4n) is 3.88. The number of nitrogens with one attached hydrogen (secondary N) is 1. The van der Waals surface area contributed by atoms with E-state index in [1.807, 2.05) is 32.0 Å². The van der Waals surface area contributed by atoms with Gasteiger partial charge < -0.3 is 19.9 Å². The predicted molar refractivity (Wildman–Crippen MR) is 115 cm³/mol. The summed E-state index contributed by atoms with van der Waals surface area (Å²) in [6.45, 7) is 6.45. The van der Waals surface area contributed by atoms with Crippen LogP contribution in [0.25, 0.3) is 10.9 Å². The first-order chi connectivity index (χ1) is 14.3. The molecule has 2 amide bonds. The van der Waals surface area contributed by atoms with Crippen LogP contribution >= 0.6 is 0 Å². The van der Waals surface area contributed by atoms with Crippen molar-refractivity contribution in [1.82, 2.24) is 20.2 Å². The Morgan fingerprint density at radius 3 is 2.63 bits per heavy atom. The van der Waals surface area contributed by atoms with E-state index in [-0.39, 0.29) is 29.7 Å². The maximum Gasteiger partial charge on any atom is 0.317 e. The molecule has 1 unspecified atom stereocenters. The van der Waals surface area contributed by atoms with Gasteiger partial charge >= 0.3 is 6.03 Å². The van der Waals surface area contributed by atoms with Crippen LogP contribution in [0.4, 0.5) is 10.5 Å². The number of anilines is 1. The molecule has 0 spiro atoms. The second kappa shape index (κ2) is 8.25. The molecular weight excluding hydrogens is 406 g/mol. The van der Waals surface area contributed by atoms with Gasteiger partial charge in [-0.25, -0.2) is 23.2 Å². The number of carbonyl (C=O) groups is 1. The van der Waals surface area contributed by atoms with Gasteiger partial charge in [-0.2, -0.15) is 0 Å². The molecule has 1 aromatic carbocycles. The van der Waals surface area contributed by atoms with Crippen molar-refractivity contribution in [3.8, 4) is 5.88 Å². The summed E-state index contributed by atoms with van der Waals surface area (Å²) in [7, 11) is -3.01. The minimum absolute atomic E-state index is 0.0173. The summed E-state index contributed by atoms with van der Waals surface area (Å²) in [6.07, 6.45) is 2.02. The standard InChI is InChI=1S/C20H27N5O4S/c1-14(2)29-19-17-11-16(3-4-18(17)21-13-22-19)24-6-8-25(9-7-24)20(26)23-15-5-10-30(27,28)12-15/h3-4,11,13-15H,5-10,12H2,1-2H3,(H,23,26). The smallest absolute Gasteiger partial charge is 0.317 e. The van der Waals surface area contributed by atoms with Crippen LogP contribution in [-0.4, -0.2) is 79.1 Å². The summed E-state index contributed by atoms with van der Waals surface area (Å²) >= 11 is 0. The summed E-state index contributed by atoms with van der Waals surface area (Å²) in [5.74, 6) is 0.764. The molecule has 30 heavy (non-hydrogen) atoms. The molecule has 1 aromatic heterocycles. The number of hydrogen-bond donors (Lipinski definition) is 1. The van der Waals surface area contributed by atoms with E-state index in [1.54, 1.807) is 4.90 Å². The van der Waals surface area contributed by atoms with Crippen molar-refractivity contribution in [3.63, 3.8) is 0 Å². The highest BCUT2D eigenvalue weighted by Crippen LogP contribution is 2.28. The largest absolute Gasteiger partial charge is 0.474 e. The normalized spacial score (nSPS) is 21.2. The van der Waals surface area contributed by atoms with E-state index in [0.717, 1.165) is 16.6 Å². The van der Waals surface area contributed by atoms with E-state index in [2.05, 4.69) is 20.2 Å². The molecule has 2 fully saturated rings. The number of urea groups is 1. The number of sulfone groups is 1. The van der Waals surface area contributed by atoms with Crippen LogP contribution in [0.2, 0.25) is 0 Å². The Kier molecular flexibility index (Phi) is 5.68. The van der Waals surface area contributed by atoms with Gasteiger partial charge in [0.1, 0.15) is 6.33 Å². The highest BCUT2D eigenvalue weighted by molar-refractivity contribution is 7.91. The van der Waals surface area contributed by atoms with Gasteiger partial charge in [-0.1, -0.05) is 0 Å². The molecule has 10 heteroatoms. The van der Waals surface area contributed by atoms with Gasteiger partial charge in [0.2, 0.25) is 5.88 Å². The number of benzene rings is 1. The summed E-state index contributed by atoms with van der Waals surface area (Å²) in [5.41, 5.74) is 1.86. The molecule has 0 aliphatic carbocycles. The van der Waals surface area contributed by atoms with Gasteiger partial charge in [0.25, 0.3) is 0 Å². The van der Waals surface area contributed by atoms with E-state index >= 15 is 0 Å². The number of nitrogens with zero attached hydrogens (tertiary/aromatic N) is 4. The maximum atomic E-state index is 12.5. The highest BCUT2D eigenvalue weighted by Gasteiger charge is 2.31. The van der Waals surface area contributed by atoms with E-state index < -0.39 is 9.84 Å². The quantitative estimate of drug-likeness (QED) is 0.778. The lowest BCUT2D eigenvalue weighted by Gasteiger charge is -2.36. The lowest BCUT2D eigenvalue weighted by Crippen LogP contribution is -2.53. The lowest BCUT2D eigenvalue weighted by atomic mass is 10.2. The molecule has 0 bridgehead atoms. The molecule has 1 atom stereocenters. The molecule has 4 rings (SSSR count). The first-order valence-electron chi connectivity index (χ1n) is 10.2. The minimum Gasteiger partial charge on any atom is -0.474 e. The second-order valence-corrected chi connectivity index (χ2v) is 10.3. The molecule has 162 valence electrons. The molecule has 2 aromatic rings. The molecule has 2 aliphatic heterocycles. The van der Waals surface area contributed by atoms with E-state index in [0.29, 0.717) is 38.5 Å². The number of amides is 2. The molecule has 9 nitrogen and oxygen atoms in total. The Balaban J connectivity index is 1.40. The van der Waals surface area contributed by atoms with Crippen LogP contribution in [0, 0.1) is 0 Å². The molecule has 0 saturated carbocycles. The SMILES string of the molecule is CC(C)Oc1ncnc2ccc(N3CCN(C(=O)NC4CCS(=O)(=O)C4)CC3)cc12. The van der Waals surface area contributed by atoms with Crippen LogP contribution in [-0.2, 0) is 9.84 Å². The zero-order valence-electron chi connectivity index (χ0n) is 17.2. The second-order valence-electron chi connectivity index (χ2n) is 8.07. The van der Waals surface area contributed by atoms with Crippen molar-refractivity contribution in [1.29, 1.82) is 0 Å². The van der Waals surface area contributed by atoms with E-state index in [1.165, 1.54) is 6.33 Å². The van der Waals surface area contributed by atoms with Crippen LogP contribution in [0.15, 0.2) is 24.5 Å². The summed E-state index contributed by atoms with van der Waals surface area (Å²) in [6, 6.07) is 5.55. The Labute approximate surface area is 176 Å².